The fraction of sp³-hybridized carbons (Fsp3) is 0.214. The van der Waals surface area contributed by atoms with Crippen LogP contribution in [-0.2, 0) is 24.8 Å². The molecular weight excluding hydrogens is 368 g/mol. The highest BCUT2D eigenvalue weighted by molar-refractivity contribution is 7.94. The molecule has 0 aliphatic carbocycles. The topological polar surface area (TPSA) is 126 Å². The van der Waals surface area contributed by atoms with Gasteiger partial charge in [0.15, 0.2) is 0 Å². The number of hydrogen-bond acceptors (Lipinski definition) is 7. The molecule has 3 rings (SSSR count). The number of anilines is 2. The van der Waals surface area contributed by atoms with Crippen molar-refractivity contribution in [3.05, 3.63) is 42.7 Å². The number of carbonyl (C=O) groups is 1. The van der Waals surface area contributed by atoms with E-state index in [4.69, 9.17) is 0 Å². The van der Waals surface area contributed by atoms with Gasteiger partial charge < -0.3 is 0 Å². The second kappa shape index (κ2) is 6.08. The first-order chi connectivity index (χ1) is 11.7. The van der Waals surface area contributed by atoms with Crippen molar-refractivity contribution in [2.45, 2.75) is 11.8 Å². The molecular formula is C14H14N4O5S2. The highest BCUT2D eigenvalue weighted by atomic mass is 32.2. The van der Waals surface area contributed by atoms with Gasteiger partial charge >= 0.3 is 0 Å². The van der Waals surface area contributed by atoms with Gasteiger partial charge in [0.05, 0.1) is 22.3 Å². The first-order valence-electron chi connectivity index (χ1n) is 7.17. The van der Waals surface area contributed by atoms with E-state index >= 15 is 0 Å². The number of carbonyl (C=O) groups excluding carboxylic acids is 1. The first kappa shape index (κ1) is 17.3. The van der Waals surface area contributed by atoms with Gasteiger partial charge in [-0.05, 0) is 30.3 Å². The Balaban J connectivity index is 1.89. The van der Waals surface area contributed by atoms with Crippen LogP contribution < -0.4 is 9.03 Å². The molecule has 2 aromatic rings. The summed E-state index contributed by atoms with van der Waals surface area (Å²) in [7, 11) is -7.67. The van der Waals surface area contributed by atoms with Crippen LogP contribution in [0.4, 0.5) is 11.6 Å². The molecule has 1 aliphatic heterocycles. The normalized spacial score (nSPS) is 19.8. The second-order valence-corrected chi connectivity index (χ2v) is 9.00. The maximum Gasteiger partial charge on any atom is 0.264 e. The molecule has 1 atom stereocenters. The minimum atomic E-state index is -3.93. The third-order valence-corrected chi connectivity index (χ3v) is 6.75. The highest BCUT2D eigenvalue weighted by Crippen LogP contribution is 2.29. The fourth-order valence-electron chi connectivity index (χ4n) is 2.38. The molecule has 132 valence electrons. The molecule has 1 aromatic carbocycles. The van der Waals surface area contributed by atoms with Gasteiger partial charge in [-0.25, -0.2) is 35.8 Å². The SMILES string of the molecule is CC1CS(=O)(=O)N(c2ccc(S(=O)(=O)Nc3ncccn3)cc2)C1=O. The van der Waals surface area contributed by atoms with Crippen molar-refractivity contribution in [1.82, 2.24) is 9.97 Å². The van der Waals surface area contributed by atoms with Gasteiger partial charge in [0.25, 0.3) is 10.0 Å². The summed E-state index contributed by atoms with van der Waals surface area (Å²) < 4.78 is 51.6. The Morgan fingerprint density at radius 2 is 1.76 bits per heavy atom. The number of aromatic nitrogens is 2. The van der Waals surface area contributed by atoms with Crippen LogP contribution in [-0.4, -0.2) is 38.5 Å². The summed E-state index contributed by atoms with van der Waals surface area (Å²) in [5.74, 6) is -1.52. The van der Waals surface area contributed by atoms with Crippen LogP contribution in [0.3, 0.4) is 0 Å². The summed E-state index contributed by atoms with van der Waals surface area (Å²) in [6, 6.07) is 6.52. The van der Waals surface area contributed by atoms with Gasteiger partial charge in [-0.1, -0.05) is 6.92 Å². The molecule has 0 saturated carbocycles. The number of benzene rings is 1. The lowest BCUT2D eigenvalue weighted by molar-refractivity contribution is -0.119. The van der Waals surface area contributed by atoms with E-state index in [-0.39, 0.29) is 22.3 Å². The molecule has 1 aliphatic rings. The van der Waals surface area contributed by atoms with Crippen molar-refractivity contribution in [2.75, 3.05) is 14.8 Å². The van der Waals surface area contributed by atoms with Gasteiger partial charge in [-0.3, -0.25) is 4.79 Å². The lowest BCUT2D eigenvalue weighted by Crippen LogP contribution is -2.30. The maximum absolute atomic E-state index is 12.3. The minimum Gasteiger partial charge on any atom is -0.273 e. The van der Waals surface area contributed by atoms with Crippen LogP contribution in [0.2, 0.25) is 0 Å². The molecule has 2 heterocycles. The van der Waals surface area contributed by atoms with Crippen LogP contribution in [0.1, 0.15) is 6.92 Å². The van der Waals surface area contributed by atoms with Crippen LogP contribution in [0.15, 0.2) is 47.6 Å². The molecule has 1 amide bonds. The van der Waals surface area contributed by atoms with Crippen molar-refractivity contribution in [3.8, 4) is 0 Å². The van der Waals surface area contributed by atoms with Crippen molar-refractivity contribution in [2.24, 2.45) is 5.92 Å². The number of nitrogens with zero attached hydrogens (tertiary/aromatic N) is 3. The van der Waals surface area contributed by atoms with E-state index in [1.54, 1.807) is 6.07 Å². The van der Waals surface area contributed by atoms with Gasteiger partial charge in [-0.15, -0.1) is 0 Å². The molecule has 0 spiro atoms. The summed E-state index contributed by atoms with van der Waals surface area (Å²) in [4.78, 5) is 19.5. The van der Waals surface area contributed by atoms with Gasteiger partial charge in [0.1, 0.15) is 0 Å². The summed E-state index contributed by atoms with van der Waals surface area (Å²) in [6.45, 7) is 1.53. The van der Waals surface area contributed by atoms with Crippen molar-refractivity contribution >= 4 is 37.6 Å². The summed E-state index contributed by atoms with van der Waals surface area (Å²) in [6.07, 6.45) is 2.78. The van der Waals surface area contributed by atoms with Crippen LogP contribution in [0.25, 0.3) is 0 Å². The lowest BCUT2D eigenvalue weighted by Gasteiger charge is -2.15. The number of hydrogen-bond donors (Lipinski definition) is 1. The first-order valence-corrected chi connectivity index (χ1v) is 10.3. The van der Waals surface area contributed by atoms with Crippen molar-refractivity contribution < 1.29 is 21.6 Å². The molecule has 0 radical (unpaired) electrons. The molecule has 9 nitrogen and oxygen atoms in total. The molecule has 1 aromatic heterocycles. The van der Waals surface area contributed by atoms with E-state index < -0.39 is 31.9 Å². The van der Waals surface area contributed by atoms with Gasteiger partial charge in [0, 0.05) is 12.4 Å². The predicted octanol–water partition coefficient (Wildman–Crippen LogP) is 0.590. The molecule has 0 bridgehead atoms. The molecule has 1 unspecified atom stereocenters. The highest BCUT2D eigenvalue weighted by Gasteiger charge is 2.41. The van der Waals surface area contributed by atoms with E-state index in [0.29, 0.717) is 4.31 Å². The number of sulfonamides is 2. The van der Waals surface area contributed by atoms with Crippen molar-refractivity contribution in [3.63, 3.8) is 0 Å². The zero-order valence-corrected chi connectivity index (χ0v) is 14.7. The molecule has 1 fully saturated rings. The Morgan fingerprint density at radius 3 is 2.28 bits per heavy atom. The van der Waals surface area contributed by atoms with E-state index in [1.807, 2.05) is 0 Å². The van der Waals surface area contributed by atoms with Crippen LogP contribution in [0.5, 0.6) is 0 Å². The fourth-order valence-corrected chi connectivity index (χ4v) is 5.16. The maximum atomic E-state index is 12.3. The molecule has 11 heteroatoms. The minimum absolute atomic E-state index is 0.0855. The Labute approximate surface area is 144 Å². The summed E-state index contributed by atoms with van der Waals surface area (Å²) in [5.41, 5.74) is 0.101. The lowest BCUT2D eigenvalue weighted by atomic mass is 10.2. The quantitative estimate of drug-likeness (QED) is 0.820. The van der Waals surface area contributed by atoms with E-state index in [1.165, 1.54) is 43.6 Å². The Bertz CT molecular complexity index is 1000. The molecule has 1 saturated heterocycles. The summed E-state index contributed by atoms with van der Waals surface area (Å²) in [5, 5.41) is 0. The predicted molar refractivity (Wildman–Crippen MR) is 89.7 cm³/mol. The van der Waals surface area contributed by atoms with Crippen LogP contribution in [0, 0.1) is 5.92 Å². The zero-order chi connectivity index (χ0) is 18.2. The van der Waals surface area contributed by atoms with E-state index in [2.05, 4.69) is 14.7 Å². The third-order valence-electron chi connectivity index (χ3n) is 3.53. The van der Waals surface area contributed by atoms with E-state index in [9.17, 15) is 21.6 Å². The molecule has 25 heavy (non-hydrogen) atoms. The Kier molecular flexibility index (Phi) is 4.21. The monoisotopic (exact) mass is 382 g/mol. The molecule has 1 N–H and O–H groups in total. The van der Waals surface area contributed by atoms with Crippen LogP contribution >= 0.6 is 0 Å². The van der Waals surface area contributed by atoms with Crippen molar-refractivity contribution in [1.29, 1.82) is 0 Å². The summed E-state index contributed by atoms with van der Waals surface area (Å²) >= 11 is 0. The van der Waals surface area contributed by atoms with Gasteiger partial charge in [-0.2, -0.15) is 0 Å². The largest absolute Gasteiger partial charge is 0.273 e. The standard InChI is InChI=1S/C14H14N4O5S2/c1-10-9-24(20,21)18(13(10)19)11-3-5-12(6-4-11)25(22,23)17-14-15-7-2-8-16-14/h2-8,10H,9H2,1H3,(H,15,16,17). The average molecular weight is 382 g/mol. The number of nitrogens with one attached hydrogen (secondary N) is 1. The Hall–Kier alpha value is -2.53. The smallest absolute Gasteiger partial charge is 0.264 e. The number of rotatable bonds is 4. The van der Waals surface area contributed by atoms with Gasteiger partial charge in [0.2, 0.25) is 21.9 Å². The Morgan fingerprint density at radius 1 is 1.16 bits per heavy atom. The second-order valence-electron chi connectivity index (χ2n) is 5.45. The third kappa shape index (κ3) is 3.33. The average Bonchev–Trinajstić information content (AvgIpc) is 2.75. The zero-order valence-electron chi connectivity index (χ0n) is 13.0. The van der Waals surface area contributed by atoms with E-state index in [0.717, 1.165) is 0 Å². The number of amides is 1.